The highest BCUT2D eigenvalue weighted by atomic mass is 16.5. The second kappa shape index (κ2) is 6.65. The van der Waals surface area contributed by atoms with E-state index >= 15 is 0 Å². The summed E-state index contributed by atoms with van der Waals surface area (Å²) in [5, 5.41) is 3.01. The van der Waals surface area contributed by atoms with Gasteiger partial charge in [0.05, 0.1) is 6.61 Å². The second-order valence-electron chi connectivity index (χ2n) is 2.95. The van der Waals surface area contributed by atoms with E-state index in [0.29, 0.717) is 13.2 Å². The standard InChI is InChI=1S/C12H15NO2/c1-2-15-12(14)8-9-13-10-11-6-4-3-5-7-11/h3-9,13H,2,10H2,1H3/b9-8-. The number of nitrogens with one attached hydrogen (secondary N) is 1. The van der Waals surface area contributed by atoms with E-state index in [1.807, 2.05) is 30.3 Å². The zero-order valence-corrected chi connectivity index (χ0v) is 8.77. The number of hydrogen-bond donors (Lipinski definition) is 1. The lowest BCUT2D eigenvalue weighted by molar-refractivity contribution is -0.137. The van der Waals surface area contributed by atoms with E-state index in [1.54, 1.807) is 13.1 Å². The molecule has 0 fully saturated rings. The van der Waals surface area contributed by atoms with Gasteiger partial charge in [-0.25, -0.2) is 4.79 Å². The van der Waals surface area contributed by atoms with Gasteiger partial charge in [0.1, 0.15) is 0 Å². The molecule has 0 unspecified atom stereocenters. The number of ether oxygens (including phenoxy) is 1. The van der Waals surface area contributed by atoms with E-state index in [0.717, 1.165) is 0 Å². The quantitative estimate of drug-likeness (QED) is 0.589. The highest BCUT2D eigenvalue weighted by Gasteiger charge is 1.92. The van der Waals surface area contributed by atoms with E-state index in [2.05, 4.69) is 5.32 Å². The molecule has 1 N–H and O–H groups in total. The van der Waals surface area contributed by atoms with Crippen LogP contribution in [0, 0.1) is 0 Å². The first-order valence-electron chi connectivity index (χ1n) is 4.93. The summed E-state index contributed by atoms with van der Waals surface area (Å²) in [6, 6.07) is 9.96. The maximum absolute atomic E-state index is 10.9. The topological polar surface area (TPSA) is 38.3 Å². The minimum atomic E-state index is -0.321. The summed E-state index contributed by atoms with van der Waals surface area (Å²) in [7, 11) is 0. The molecule has 1 aromatic carbocycles. The summed E-state index contributed by atoms with van der Waals surface area (Å²) in [6.45, 7) is 2.89. The maximum atomic E-state index is 10.9. The number of benzene rings is 1. The first kappa shape index (κ1) is 11.3. The Morgan fingerprint density at radius 1 is 1.40 bits per heavy atom. The molecule has 3 heteroatoms. The van der Waals surface area contributed by atoms with Crippen molar-refractivity contribution in [3.05, 3.63) is 48.2 Å². The molecule has 0 aliphatic rings. The zero-order chi connectivity index (χ0) is 10.9. The zero-order valence-electron chi connectivity index (χ0n) is 8.77. The first-order valence-corrected chi connectivity index (χ1v) is 4.93. The van der Waals surface area contributed by atoms with Crippen molar-refractivity contribution in [2.75, 3.05) is 6.61 Å². The van der Waals surface area contributed by atoms with Crippen LogP contribution in [0.5, 0.6) is 0 Å². The molecule has 0 amide bonds. The number of esters is 1. The Kier molecular flexibility index (Phi) is 5.01. The van der Waals surface area contributed by atoms with Crippen molar-refractivity contribution < 1.29 is 9.53 Å². The van der Waals surface area contributed by atoms with Gasteiger partial charge < -0.3 is 10.1 Å². The monoisotopic (exact) mass is 205 g/mol. The lowest BCUT2D eigenvalue weighted by atomic mass is 10.2. The molecular formula is C12H15NO2. The van der Waals surface area contributed by atoms with Crippen molar-refractivity contribution in [2.24, 2.45) is 0 Å². The van der Waals surface area contributed by atoms with Crippen molar-refractivity contribution in [2.45, 2.75) is 13.5 Å². The Bertz CT molecular complexity index is 320. The van der Waals surface area contributed by atoms with Crippen LogP contribution in [0.15, 0.2) is 42.6 Å². The van der Waals surface area contributed by atoms with Crippen molar-refractivity contribution in [1.29, 1.82) is 0 Å². The third-order valence-corrected chi connectivity index (χ3v) is 1.77. The molecule has 15 heavy (non-hydrogen) atoms. The summed E-state index contributed by atoms with van der Waals surface area (Å²) in [5.74, 6) is -0.321. The molecule has 3 nitrogen and oxygen atoms in total. The molecule has 0 spiro atoms. The van der Waals surface area contributed by atoms with E-state index in [-0.39, 0.29) is 5.97 Å². The molecule has 0 saturated heterocycles. The van der Waals surface area contributed by atoms with Crippen molar-refractivity contribution in [3.63, 3.8) is 0 Å². The van der Waals surface area contributed by atoms with Gasteiger partial charge in [-0.3, -0.25) is 0 Å². The Morgan fingerprint density at radius 2 is 2.13 bits per heavy atom. The molecule has 0 aliphatic heterocycles. The van der Waals surface area contributed by atoms with Gasteiger partial charge in [-0.05, 0) is 12.5 Å². The predicted molar refractivity (Wildman–Crippen MR) is 59.1 cm³/mol. The second-order valence-corrected chi connectivity index (χ2v) is 2.95. The van der Waals surface area contributed by atoms with Crippen LogP contribution in [-0.2, 0) is 16.1 Å². The van der Waals surface area contributed by atoms with Gasteiger partial charge in [0, 0.05) is 18.8 Å². The average molecular weight is 205 g/mol. The fraction of sp³-hybridized carbons (Fsp3) is 0.250. The maximum Gasteiger partial charge on any atom is 0.332 e. The van der Waals surface area contributed by atoms with E-state index < -0.39 is 0 Å². The molecule has 0 aromatic heterocycles. The van der Waals surface area contributed by atoms with Crippen molar-refractivity contribution in [3.8, 4) is 0 Å². The summed E-state index contributed by atoms with van der Waals surface area (Å²) in [4.78, 5) is 10.9. The minimum absolute atomic E-state index is 0.321. The molecule has 1 aromatic rings. The van der Waals surface area contributed by atoms with E-state index in [4.69, 9.17) is 4.74 Å². The van der Waals surface area contributed by atoms with Crippen molar-refractivity contribution >= 4 is 5.97 Å². The van der Waals surface area contributed by atoms with Crippen molar-refractivity contribution in [1.82, 2.24) is 5.32 Å². The van der Waals surface area contributed by atoms with Gasteiger partial charge in [-0.15, -0.1) is 0 Å². The molecule has 0 atom stereocenters. The van der Waals surface area contributed by atoms with Gasteiger partial charge >= 0.3 is 5.97 Å². The number of carbonyl (C=O) groups excluding carboxylic acids is 1. The minimum Gasteiger partial charge on any atom is -0.463 e. The Balaban J connectivity index is 2.24. The van der Waals surface area contributed by atoms with Gasteiger partial charge in [0.15, 0.2) is 0 Å². The highest BCUT2D eigenvalue weighted by molar-refractivity contribution is 5.81. The van der Waals surface area contributed by atoms with Crippen LogP contribution in [0.3, 0.4) is 0 Å². The van der Waals surface area contributed by atoms with Crippen LogP contribution >= 0.6 is 0 Å². The van der Waals surface area contributed by atoms with Gasteiger partial charge in [-0.2, -0.15) is 0 Å². The SMILES string of the molecule is CCOC(=O)/C=C\NCc1ccccc1. The molecule has 0 aliphatic carbocycles. The van der Waals surface area contributed by atoms with Crippen LogP contribution in [0.1, 0.15) is 12.5 Å². The third-order valence-electron chi connectivity index (χ3n) is 1.77. The number of hydrogen-bond acceptors (Lipinski definition) is 3. The van der Waals surface area contributed by atoms with E-state index in [1.165, 1.54) is 11.6 Å². The third kappa shape index (κ3) is 4.86. The fourth-order valence-electron chi connectivity index (χ4n) is 1.09. The predicted octanol–water partition coefficient (Wildman–Crippen LogP) is 1.85. The Hall–Kier alpha value is -1.77. The number of rotatable bonds is 5. The van der Waals surface area contributed by atoms with Gasteiger partial charge in [0.25, 0.3) is 0 Å². The molecule has 0 saturated carbocycles. The molecule has 0 heterocycles. The Morgan fingerprint density at radius 3 is 2.80 bits per heavy atom. The molecule has 0 radical (unpaired) electrons. The molecular weight excluding hydrogens is 190 g/mol. The largest absolute Gasteiger partial charge is 0.463 e. The fourth-order valence-corrected chi connectivity index (χ4v) is 1.09. The Labute approximate surface area is 89.8 Å². The number of carbonyl (C=O) groups is 1. The molecule has 1 rings (SSSR count). The first-order chi connectivity index (χ1) is 7.33. The van der Waals surface area contributed by atoms with Gasteiger partial charge in [-0.1, -0.05) is 30.3 Å². The van der Waals surface area contributed by atoms with Crippen LogP contribution < -0.4 is 5.32 Å². The molecule has 80 valence electrons. The smallest absolute Gasteiger partial charge is 0.332 e. The normalized spacial score (nSPS) is 10.2. The highest BCUT2D eigenvalue weighted by Crippen LogP contribution is 1.96. The summed E-state index contributed by atoms with van der Waals surface area (Å²) in [5.41, 5.74) is 1.17. The summed E-state index contributed by atoms with van der Waals surface area (Å²) < 4.78 is 4.73. The van der Waals surface area contributed by atoms with Crippen LogP contribution in [0.25, 0.3) is 0 Å². The lowest BCUT2D eigenvalue weighted by Gasteiger charge is -2.00. The summed E-state index contributed by atoms with van der Waals surface area (Å²) >= 11 is 0. The molecule has 0 bridgehead atoms. The van der Waals surface area contributed by atoms with Gasteiger partial charge in [0.2, 0.25) is 0 Å². The average Bonchev–Trinajstić information content (AvgIpc) is 2.26. The lowest BCUT2D eigenvalue weighted by Crippen LogP contribution is -2.06. The van der Waals surface area contributed by atoms with E-state index in [9.17, 15) is 4.79 Å². The van der Waals surface area contributed by atoms with Crippen LogP contribution in [0.2, 0.25) is 0 Å². The summed E-state index contributed by atoms with van der Waals surface area (Å²) in [6.07, 6.45) is 2.98. The van der Waals surface area contributed by atoms with Crippen LogP contribution in [0.4, 0.5) is 0 Å². The van der Waals surface area contributed by atoms with Crippen LogP contribution in [-0.4, -0.2) is 12.6 Å².